The third-order valence-electron chi connectivity index (χ3n) is 5.30. The van der Waals surface area contributed by atoms with Crippen LogP contribution in [0.25, 0.3) is 0 Å². The lowest BCUT2D eigenvalue weighted by Crippen LogP contribution is -2.32. The Balaban J connectivity index is 1.38. The number of rotatable bonds is 7. The summed E-state index contributed by atoms with van der Waals surface area (Å²) in [5.74, 6) is -0.620. The molecule has 2 aliphatic rings. The van der Waals surface area contributed by atoms with E-state index in [4.69, 9.17) is 9.47 Å². The molecule has 10 heteroatoms. The van der Waals surface area contributed by atoms with Crippen molar-refractivity contribution in [3.8, 4) is 11.5 Å². The zero-order chi connectivity index (χ0) is 23.9. The van der Waals surface area contributed by atoms with Gasteiger partial charge in [-0.15, -0.1) is 0 Å². The molecular weight excluding hydrogens is 436 g/mol. The molecule has 0 saturated heterocycles. The summed E-state index contributed by atoms with van der Waals surface area (Å²) in [6.07, 6.45) is 9.48. The number of benzene rings is 2. The Morgan fingerprint density at radius 3 is 2.68 bits per heavy atom. The second-order valence-corrected chi connectivity index (χ2v) is 7.48. The molecule has 174 valence electrons. The first-order valence-corrected chi connectivity index (χ1v) is 10.6. The van der Waals surface area contributed by atoms with Gasteiger partial charge in [-0.2, -0.15) is 10.2 Å². The molecule has 2 aromatic rings. The number of nitrogens with one attached hydrogen (secondary N) is 2. The molecule has 1 heterocycles. The molecule has 0 spiro atoms. The quantitative estimate of drug-likeness (QED) is 0.374. The van der Waals surface area contributed by atoms with Crippen LogP contribution < -0.4 is 20.2 Å². The minimum absolute atomic E-state index is 0.0120. The normalized spacial score (nSPS) is 18.1. The van der Waals surface area contributed by atoms with Crippen molar-refractivity contribution in [1.82, 2.24) is 10.4 Å². The third-order valence-corrected chi connectivity index (χ3v) is 5.30. The number of carbonyl (C=O) groups is 2. The predicted octanol–water partition coefficient (Wildman–Crippen LogP) is 2.84. The number of hydrogen-bond acceptors (Lipinski definition) is 8. The van der Waals surface area contributed by atoms with E-state index in [0.717, 1.165) is 5.56 Å². The number of anilines is 1. The molecule has 0 bridgehead atoms. The van der Waals surface area contributed by atoms with Crippen LogP contribution in [0.5, 0.6) is 11.5 Å². The van der Waals surface area contributed by atoms with E-state index in [-0.39, 0.29) is 12.1 Å². The van der Waals surface area contributed by atoms with Crippen LogP contribution in [0.2, 0.25) is 0 Å². The lowest BCUT2D eigenvalue weighted by Gasteiger charge is -2.24. The van der Waals surface area contributed by atoms with Crippen molar-refractivity contribution in [1.29, 1.82) is 0 Å². The summed E-state index contributed by atoms with van der Waals surface area (Å²) in [6.45, 7) is 0.487. The lowest BCUT2D eigenvalue weighted by atomic mass is 10.0. The van der Waals surface area contributed by atoms with Gasteiger partial charge in [0.15, 0.2) is 0 Å². The molecule has 0 radical (unpaired) electrons. The van der Waals surface area contributed by atoms with Gasteiger partial charge in [-0.25, -0.2) is 5.43 Å². The van der Waals surface area contributed by atoms with Crippen LogP contribution in [0.1, 0.15) is 11.1 Å². The Morgan fingerprint density at radius 2 is 1.85 bits per heavy atom. The number of amides is 2. The van der Waals surface area contributed by atoms with Crippen molar-refractivity contribution in [2.45, 2.75) is 18.6 Å². The molecule has 2 amide bonds. The Morgan fingerprint density at radius 1 is 1.06 bits per heavy atom. The lowest BCUT2D eigenvalue weighted by molar-refractivity contribution is -0.136. The number of nitrogens with zero attached hydrogens (tertiary/aromatic N) is 4. The molecule has 4 rings (SSSR count). The van der Waals surface area contributed by atoms with Gasteiger partial charge >= 0.3 is 11.8 Å². The number of allylic oxidation sites excluding steroid dienone is 2. The highest BCUT2D eigenvalue weighted by Crippen LogP contribution is 2.28. The monoisotopic (exact) mass is 460 g/mol. The third kappa shape index (κ3) is 5.12. The summed E-state index contributed by atoms with van der Waals surface area (Å²) < 4.78 is 10.7. The van der Waals surface area contributed by atoms with E-state index < -0.39 is 11.8 Å². The molecule has 0 saturated carbocycles. The number of ether oxygens (including phenoxy) is 2. The van der Waals surface area contributed by atoms with Gasteiger partial charge in [0.25, 0.3) is 0 Å². The molecule has 34 heavy (non-hydrogen) atoms. The van der Waals surface area contributed by atoms with Crippen molar-refractivity contribution in [2.75, 3.05) is 19.5 Å². The maximum Gasteiger partial charge on any atom is 0.329 e. The zero-order valence-electron chi connectivity index (χ0n) is 18.7. The van der Waals surface area contributed by atoms with Crippen molar-refractivity contribution in [2.24, 2.45) is 15.4 Å². The number of fused-ring (bicyclic) bond motifs is 1. The molecule has 2 N–H and O–H groups in total. The van der Waals surface area contributed by atoms with Gasteiger partial charge in [-0.1, -0.05) is 41.7 Å². The highest BCUT2D eigenvalue weighted by molar-refractivity contribution is 6.39. The van der Waals surface area contributed by atoms with Gasteiger partial charge < -0.3 is 14.8 Å². The van der Waals surface area contributed by atoms with Gasteiger partial charge in [0.05, 0.1) is 38.7 Å². The van der Waals surface area contributed by atoms with Crippen molar-refractivity contribution in [3.05, 3.63) is 77.9 Å². The molecule has 1 aliphatic heterocycles. The molecule has 0 aromatic heterocycles. The van der Waals surface area contributed by atoms with E-state index in [1.54, 1.807) is 37.4 Å². The summed E-state index contributed by atoms with van der Waals surface area (Å²) in [4.78, 5) is 24.3. The van der Waals surface area contributed by atoms with Gasteiger partial charge in [0.1, 0.15) is 17.5 Å². The summed E-state index contributed by atoms with van der Waals surface area (Å²) in [6, 6.07) is 12.4. The molecule has 10 nitrogen and oxygen atoms in total. The average Bonchev–Trinajstić information content (AvgIpc) is 3.27. The fourth-order valence-electron chi connectivity index (χ4n) is 3.61. The van der Waals surface area contributed by atoms with Crippen LogP contribution in [0.15, 0.2) is 82.2 Å². The standard InChI is InChI=1S/C24H24N6O4/c1-33-21-12-11-16(13-17(21)15-30-20-9-5-3-7-18(20)27-29-30)14-25-28-24(32)23(31)26-19-8-4-6-10-22(19)34-2/h3-14,18,20H,15H2,1-2H3,(H,26,31)(H,28,32). The van der Waals surface area contributed by atoms with Crippen LogP contribution in [-0.2, 0) is 16.1 Å². The fourth-order valence-corrected chi connectivity index (χ4v) is 3.61. The van der Waals surface area contributed by atoms with Gasteiger partial charge in [-0.3, -0.25) is 14.6 Å². The number of para-hydroxylation sites is 2. The summed E-state index contributed by atoms with van der Waals surface area (Å²) in [5, 5.41) is 16.9. The minimum atomic E-state index is -0.906. The Labute approximate surface area is 196 Å². The van der Waals surface area contributed by atoms with Crippen molar-refractivity contribution >= 4 is 23.7 Å². The number of methoxy groups -OCH3 is 2. The Hall–Kier alpha value is -4.47. The minimum Gasteiger partial charge on any atom is -0.496 e. The van der Waals surface area contributed by atoms with Crippen LogP contribution >= 0.6 is 0 Å². The molecule has 1 aliphatic carbocycles. The first-order valence-electron chi connectivity index (χ1n) is 10.6. The zero-order valence-corrected chi connectivity index (χ0v) is 18.7. The summed E-state index contributed by atoms with van der Waals surface area (Å²) >= 11 is 0. The van der Waals surface area contributed by atoms with Gasteiger partial charge in [0, 0.05) is 5.56 Å². The maximum absolute atomic E-state index is 12.2. The largest absolute Gasteiger partial charge is 0.496 e. The average molecular weight is 460 g/mol. The topological polar surface area (TPSA) is 117 Å². The van der Waals surface area contributed by atoms with Crippen LogP contribution in [0.3, 0.4) is 0 Å². The highest BCUT2D eigenvalue weighted by Gasteiger charge is 2.30. The van der Waals surface area contributed by atoms with Crippen LogP contribution in [0, 0.1) is 0 Å². The van der Waals surface area contributed by atoms with Crippen molar-refractivity contribution < 1.29 is 19.1 Å². The summed E-state index contributed by atoms with van der Waals surface area (Å²) in [5.41, 5.74) is 4.22. The predicted molar refractivity (Wildman–Crippen MR) is 127 cm³/mol. The number of carbonyl (C=O) groups excluding carboxylic acids is 2. The number of hydrazone groups is 1. The first-order chi connectivity index (χ1) is 16.6. The van der Waals surface area contributed by atoms with E-state index >= 15 is 0 Å². The smallest absolute Gasteiger partial charge is 0.329 e. The van der Waals surface area contributed by atoms with Crippen LogP contribution in [0.4, 0.5) is 5.69 Å². The summed E-state index contributed by atoms with van der Waals surface area (Å²) in [7, 11) is 3.08. The van der Waals surface area contributed by atoms with Gasteiger partial charge in [0.2, 0.25) is 0 Å². The van der Waals surface area contributed by atoms with Crippen molar-refractivity contribution in [3.63, 3.8) is 0 Å². The molecule has 2 atom stereocenters. The Bertz CT molecular complexity index is 1190. The van der Waals surface area contributed by atoms with E-state index in [1.165, 1.54) is 13.3 Å². The molecular formula is C24H24N6O4. The first kappa shape index (κ1) is 22.7. The number of hydrogen-bond donors (Lipinski definition) is 2. The van der Waals surface area contributed by atoms with Gasteiger partial charge in [-0.05, 0) is 35.9 Å². The van der Waals surface area contributed by atoms with E-state index in [9.17, 15) is 9.59 Å². The van der Waals surface area contributed by atoms with Crippen LogP contribution in [-0.4, -0.2) is 49.3 Å². The second kappa shape index (κ2) is 10.4. The molecule has 2 unspecified atom stereocenters. The van der Waals surface area contributed by atoms with E-state index in [0.29, 0.717) is 29.3 Å². The van der Waals surface area contributed by atoms with E-state index in [2.05, 4.69) is 32.3 Å². The van der Waals surface area contributed by atoms with E-state index in [1.807, 2.05) is 35.4 Å². The highest BCUT2D eigenvalue weighted by atomic mass is 16.5. The SMILES string of the molecule is COc1ccc(C=NNC(=O)C(=O)Nc2ccccc2OC)cc1CN1N=NC2C=CC=CC21. The Kier molecular flexibility index (Phi) is 6.97. The second-order valence-electron chi connectivity index (χ2n) is 7.48. The molecule has 0 fully saturated rings. The fraction of sp³-hybridized carbons (Fsp3) is 0.208. The maximum atomic E-state index is 12.2. The molecule has 2 aromatic carbocycles.